The van der Waals surface area contributed by atoms with Crippen LogP contribution in [-0.4, -0.2) is 41.0 Å². The number of carbonyl (C=O) groups is 1. The summed E-state index contributed by atoms with van der Waals surface area (Å²) in [5.41, 5.74) is -0.930. The number of nitro benzene ring substituents is 1. The minimum absolute atomic E-state index is 0.271. The van der Waals surface area contributed by atoms with Crippen molar-refractivity contribution in [3.8, 4) is 5.75 Å². The molecule has 0 aliphatic rings. The van der Waals surface area contributed by atoms with Crippen molar-refractivity contribution in [3.05, 3.63) is 52.6 Å². The van der Waals surface area contributed by atoms with E-state index in [0.29, 0.717) is 4.90 Å². The predicted octanol–water partition coefficient (Wildman–Crippen LogP) is 6.22. The summed E-state index contributed by atoms with van der Waals surface area (Å²) in [7, 11) is 0. The van der Waals surface area contributed by atoms with Crippen molar-refractivity contribution in [2.75, 3.05) is 18.2 Å². The van der Waals surface area contributed by atoms with E-state index in [1.807, 2.05) is 5.32 Å². The number of alkyl halides is 7. The lowest BCUT2D eigenvalue weighted by Crippen LogP contribution is -2.49. The van der Waals surface area contributed by atoms with E-state index in [1.54, 1.807) is 6.26 Å². The van der Waals surface area contributed by atoms with Crippen molar-refractivity contribution in [3.63, 3.8) is 0 Å². The van der Waals surface area contributed by atoms with Gasteiger partial charge in [0.15, 0.2) is 12.4 Å². The van der Waals surface area contributed by atoms with E-state index in [0.717, 1.165) is 18.2 Å². The zero-order valence-electron chi connectivity index (χ0n) is 16.3. The number of amides is 1. The van der Waals surface area contributed by atoms with Gasteiger partial charge in [-0.1, -0.05) is 12.1 Å². The second-order valence-corrected chi connectivity index (χ2v) is 8.15. The molecule has 2 aromatic rings. The molecule has 0 aliphatic heterocycles. The molecule has 0 bridgehead atoms. The van der Waals surface area contributed by atoms with Crippen molar-refractivity contribution in [1.29, 1.82) is 0 Å². The van der Waals surface area contributed by atoms with Crippen LogP contribution < -0.4 is 10.1 Å². The second kappa shape index (κ2) is 10.1. The molecule has 1 N–H and O–H groups in total. The Kier molecular flexibility index (Phi) is 8.11. The molecular weight excluding hydrogens is 505 g/mol. The van der Waals surface area contributed by atoms with E-state index in [9.17, 15) is 45.6 Å². The first-order valence-corrected chi connectivity index (χ1v) is 10.6. The molecule has 15 heteroatoms. The van der Waals surface area contributed by atoms with Crippen molar-refractivity contribution >= 4 is 40.8 Å². The Labute approximate surface area is 190 Å². The molecule has 0 unspecified atom stereocenters. The van der Waals surface area contributed by atoms with Gasteiger partial charge < -0.3 is 10.1 Å². The quantitative estimate of drug-likeness (QED) is 0.184. The molecule has 0 saturated carbocycles. The summed E-state index contributed by atoms with van der Waals surface area (Å²) in [6.45, 7) is -0.840. The SMILES string of the molecule is CSc1ccc(OCC(=O)Nc2ccccc2SC(F)(F)C(F)(F)C(F)(F)F)c([N+](=O)[O-])c1. The molecule has 6 nitrogen and oxygen atoms in total. The summed E-state index contributed by atoms with van der Waals surface area (Å²) in [5.74, 6) is -7.64. The maximum atomic E-state index is 13.7. The second-order valence-electron chi connectivity index (χ2n) is 6.11. The van der Waals surface area contributed by atoms with Crippen LogP contribution in [0.5, 0.6) is 5.75 Å². The van der Waals surface area contributed by atoms with Gasteiger partial charge in [0.2, 0.25) is 0 Å². The highest BCUT2D eigenvalue weighted by Crippen LogP contribution is 2.54. The molecular formula is C18H13F7N2O4S2. The summed E-state index contributed by atoms with van der Waals surface area (Å²) in [6.07, 6.45) is -4.83. The molecule has 2 rings (SSSR count). The number of nitrogens with one attached hydrogen (secondary N) is 1. The van der Waals surface area contributed by atoms with Gasteiger partial charge >= 0.3 is 23.0 Å². The predicted molar refractivity (Wildman–Crippen MR) is 107 cm³/mol. The van der Waals surface area contributed by atoms with Crippen LogP contribution in [0.15, 0.2) is 52.3 Å². The molecule has 0 radical (unpaired) electrons. The lowest BCUT2D eigenvalue weighted by atomic mass is 10.3. The fraction of sp³-hybridized carbons (Fsp3) is 0.278. The summed E-state index contributed by atoms with van der Waals surface area (Å²) < 4.78 is 96.0. The summed E-state index contributed by atoms with van der Waals surface area (Å²) >= 11 is 0.140. The molecule has 1 amide bonds. The van der Waals surface area contributed by atoms with Crippen LogP contribution in [-0.2, 0) is 4.79 Å². The number of anilines is 1. The van der Waals surface area contributed by atoms with E-state index in [-0.39, 0.29) is 5.75 Å². The van der Waals surface area contributed by atoms with Crippen molar-refractivity contribution < 1.29 is 45.2 Å². The van der Waals surface area contributed by atoms with Gasteiger partial charge in [0, 0.05) is 15.9 Å². The molecule has 0 aliphatic carbocycles. The average Bonchev–Trinajstić information content (AvgIpc) is 2.72. The zero-order valence-corrected chi connectivity index (χ0v) is 17.9. The highest BCUT2D eigenvalue weighted by atomic mass is 32.2. The van der Waals surface area contributed by atoms with Gasteiger partial charge in [-0.15, -0.1) is 11.8 Å². The highest BCUT2D eigenvalue weighted by Gasteiger charge is 2.73. The van der Waals surface area contributed by atoms with Gasteiger partial charge in [0.1, 0.15) is 0 Å². The number of carbonyl (C=O) groups excluding carboxylic acids is 1. The number of para-hydroxylation sites is 1. The lowest BCUT2D eigenvalue weighted by molar-refractivity contribution is -0.386. The lowest BCUT2D eigenvalue weighted by Gasteiger charge is -2.28. The van der Waals surface area contributed by atoms with Crippen LogP contribution in [0.4, 0.5) is 42.1 Å². The number of nitro groups is 1. The van der Waals surface area contributed by atoms with Crippen LogP contribution in [0.25, 0.3) is 0 Å². The molecule has 180 valence electrons. The molecule has 33 heavy (non-hydrogen) atoms. The third kappa shape index (κ3) is 6.22. The van der Waals surface area contributed by atoms with E-state index < -0.39 is 62.8 Å². The van der Waals surface area contributed by atoms with Gasteiger partial charge in [-0.3, -0.25) is 14.9 Å². The summed E-state index contributed by atoms with van der Waals surface area (Å²) in [6, 6.07) is 8.04. The Morgan fingerprint density at radius 3 is 2.30 bits per heavy atom. The van der Waals surface area contributed by atoms with Crippen LogP contribution in [0, 0.1) is 10.1 Å². The number of thioether (sulfide) groups is 2. The molecule has 0 atom stereocenters. The number of hydrogen-bond acceptors (Lipinski definition) is 6. The Morgan fingerprint density at radius 2 is 1.73 bits per heavy atom. The van der Waals surface area contributed by atoms with E-state index >= 15 is 0 Å². The number of halogens is 7. The standard InChI is InChI=1S/C18H13F7N2O4S2/c1-32-10-6-7-13(12(8-10)27(29)30)31-9-15(28)26-11-4-2-3-5-14(11)33-18(24,25)16(19,20)17(21,22)23/h2-8H,9H2,1H3,(H,26,28). The van der Waals surface area contributed by atoms with Crippen molar-refractivity contribution in [2.45, 2.75) is 27.1 Å². The smallest absolute Gasteiger partial charge is 0.460 e. The monoisotopic (exact) mass is 518 g/mol. The molecule has 0 saturated heterocycles. The van der Waals surface area contributed by atoms with Crippen LogP contribution in [0.3, 0.4) is 0 Å². The molecule has 0 fully saturated rings. The van der Waals surface area contributed by atoms with Crippen LogP contribution >= 0.6 is 23.5 Å². The molecule has 0 spiro atoms. The Morgan fingerprint density at radius 1 is 1.09 bits per heavy atom. The third-order valence-corrected chi connectivity index (χ3v) is 5.66. The van der Waals surface area contributed by atoms with Gasteiger partial charge in [-0.2, -0.15) is 30.7 Å². The third-order valence-electron chi connectivity index (χ3n) is 3.84. The van der Waals surface area contributed by atoms with Gasteiger partial charge in [0.25, 0.3) is 5.91 Å². The first kappa shape index (κ1) is 26.6. The van der Waals surface area contributed by atoms with Gasteiger partial charge in [0.05, 0.1) is 10.6 Å². The fourth-order valence-corrected chi connectivity index (χ4v) is 3.57. The maximum Gasteiger partial charge on any atom is 0.460 e. The minimum atomic E-state index is -6.50. The van der Waals surface area contributed by atoms with Crippen molar-refractivity contribution in [1.82, 2.24) is 0 Å². The number of ether oxygens (including phenoxy) is 1. The number of benzene rings is 2. The average molecular weight is 518 g/mol. The molecule has 0 heterocycles. The van der Waals surface area contributed by atoms with E-state index in [2.05, 4.69) is 0 Å². The first-order valence-electron chi connectivity index (χ1n) is 8.55. The van der Waals surface area contributed by atoms with Crippen LogP contribution in [0.2, 0.25) is 0 Å². The summed E-state index contributed by atoms with van der Waals surface area (Å²) in [5, 5.41) is 7.62. The van der Waals surface area contributed by atoms with Crippen molar-refractivity contribution in [2.24, 2.45) is 0 Å². The highest BCUT2D eigenvalue weighted by molar-refractivity contribution is 8.00. The number of rotatable bonds is 9. The normalized spacial score (nSPS) is 12.4. The van der Waals surface area contributed by atoms with Gasteiger partial charge in [-0.05, 0) is 42.3 Å². The zero-order chi connectivity index (χ0) is 25.0. The van der Waals surface area contributed by atoms with Gasteiger partial charge in [-0.25, -0.2) is 0 Å². The Hall–Kier alpha value is -2.68. The van der Waals surface area contributed by atoms with Crippen LogP contribution in [0.1, 0.15) is 0 Å². The molecule has 2 aromatic carbocycles. The largest absolute Gasteiger partial charge is 0.477 e. The number of hydrogen-bond donors (Lipinski definition) is 1. The summed E-state index contributed by atoms with van der Waals surface area (Å²) in [4.78, 5) is 22.3. The maximum absolute atomic E-state index is 13.7. The van der Waals surface area contributed by atoms with E-state index in [4.69, 9.17) is 4.74 Å². The Balaban J connectivity index is 2.16. The minimum Gasteiger partial charge on any atom is -0.477 e. The fourth-order valence-electron chi connectivity index (χ4n) is 2.24. The molecule has 0 aromatic heterocycles. The van der Waals surface area contributed by atoms with E-state index in [1.165, 1.54) is 36.0 Å². The Bertz CT molecular complexity index is 1040. The number of nitrogens with zero attached hydrogens (tertiary/aromatic N) is 1. The first-order chi connectivity index (χ1) is 15.2. The topological polar surface area (TPSA) is 81.5 Å².